The average molecular weight is 648 g/mol. The third-order valence-corrected chi connectivity index (χ3v) is 9.44. The number of carbonyl (C=O) groups excluding carboxylic acids is 1. The summed E-state index contributed by atoms with van der Waals surface area (Å²) in [4.78, 5) is 11.8. The van der Waals surface area contributed by atoms with Crippen molar-refractivity contribution in [1.29, 1.82) is 0 Å². The molecule has 4 nitrogen and oxygen atoms in total. The van der Waals surface area contributed by atoms with Gasteiger partial charge in [0, 0.05) is 6.42 Å². The van der Waals surface area contributed by atoms with E-state index >= 15 is 0 Å². The largest absolute Gasteiger partial charge is 0.394 e. The fourth-order valence-electron chi connectivity index (χ4n) is 6.23. The van der Waals surface area contributed by atoms with E-state index in [0.29, 0.717) is 6.42 Å². The van der Waals surface area contributed by atoms with Gasteiger partial charge in [0.1, 0.15) is 0 Å². The monoisotopic (exact) mass is 648 g/mol. The predicted molar refractivity (Wildman–Crippen MR) is 202 cm³/mol. The quantitative estimate of drug-likeness (QED) is 0.0464. The Morgan fingerprint density at radius 2 is 0.848 bits per heavy atom. The summed E-state index contributed by atoms with van der Waals surface area (Å²) in [6.45, 7) is 4.07. The van der Waals surface area contributed by atoms with Crippen LogP contribution in [0.1, 0.15) is 219 Å². The fraction of sp³-hybridized carbons (Fsp3) is 0.881. The number of allylic oxidation sites excluding steroid dienone is 3. The summed E-state index contributed by atoms with van der Waals surface area (Å²) < 4.78 is 0. The van der Waals surface area contributed by atoms with Crippen LogP contribution < -0.4 is 5.32 Å². The highest BCUT2D eigenvalue weighted by Crippen LogP contribution is 2.16. The number of hydrogen-bond donors (Lipinski definition) is 3. The first-order valence-corrected chi connectivity index (χ1v) is 20.6. The SMILES string of the molecule is CCCCCCCCCCCCCCCCCCCCCCCCCCCC/C=C/CC/C=C/C(O)C(CO)NC(=O)CCCC. The van der Waals surface area contributed by atoms with Crippen molar-refractivity contribution in [2.45, 2.75) is 231 Å². The first kappa shape index (κ1) is 44.9. The molecule has 0 spiro atoms. The molecule has 0 aliphatic heterocycles. The standard InChI is InChI=1S/C42H81NO3/c1-3-5-7-8-9-10-11-12-13-14-15-16-17-18-19-20-21-22-23-24-25-26-27-28-29-30-31-32-33-34-35-36-37-41(45)40(39-44)43-42(46)38-6-4-2/h32-33,36-37,40-41,44-45H,3-31,34-35,38-39H2,1-2H3,(H,43,46)/b33-32+,37-36+. The molecule has 0 bridgehead atoms. The number of aliphatic hydroxyl groups is 2. The summed E-state index contributed by atoms with van der Waals surface area (Å²) in [5, 5.41) is 22.4. The zero-order valence-electron chi connectivity index (χ0n) is 31.1. The second-order valence-corrected chi connectivity index (χ2v) is 14.1. The van der Waals surface area contributed by atoms with Crippen LogP contribution >= 0.6 is 0 Å². The molecule has 0 fully saturated rings. The average Bonchev–Trinajstić information content (AvgIpc) is 3.06. The first-order chi connectivity index (χ1) is 22.7. The van der Waals surface area contributed by atoms with E-state index in [-0.39, 0.29) is 12.5 Å². The zero-order valence-corrected chi connectivity index (χ0v) is 31.1. The molecule has 0 heterocycles. The lowest BCUT2D eigenvalue weighted by atomic mass is 10.0. The fourth-order valence-corrected chi connectivity index (χ4v) is 6.23. The Balaban J connectivity index is 3.33. The van der Waals surface area contributed by atoms with Crippen LogP contribution in [-0.2, 0) is 4.79 Å². The van der Waals surface area contributed by atoms with Gasteiger partial charge in [0.2, 0.25) is 5.91 Å². The van der Waals surface area contributed by atoms with Crippen LogP contribution in [0.3, 0.4) is 0 Å². The summed E-state index contributed by atoms with van der Waals surface area (Å²) >= 11 is 0. The van der Waals surface area contributed by atoms with E-state index in [9.17, 15) is 15.0 Å². The number of rotatable bonds is 37. The van der Waals surface area contributed by atoms with Gasteiger partial charge < -0.3 is 15.5 Å². The number of carbonyl (C=O) groups is 1. The predicted octanol–water partition coefficient (Wildman–Crippen LogP) is 12.5. The van der Waals surface area contributed by atoms with Gasteiger partial charge >= 0.3 is 0 Å². The van der Waals surface area contributed by atoms with Gasteiger partial charge in [0.25, 0.3) is 0 Å². The molecular formula is C42H81NO3. The van der Waals surface area contributed by atoms with Crippen molar-refractivity contribution in [3.05, 3.63) is 24.3 Å². The number of hydrogen-bond acceptors (Lipinski definition) is 3. The summed E-state index contributed by atoms with van der Waals surface area (Å²) in [6, 6.07) is -0.630. The van der Waals surface area contributed by atoms with Crippen LogP contribution in [0.5, 0.6) is 0 Å². The first-order valence-electron chi connectivity index (χ1n) is 20.6. The van der Waals surface area contributed by atoms with Crippen LogP contribution in [-0.4, -0.2) is 34.9 Å². The van der Waals surface area contributed by atoms with Crippen molar-refractivity contribution in [2.24, 2.45) is 0 Å². The molecule has 272 valence electrons. The Labute approximate surface area is 288 Å². The van der Waals surface area contributed by atoms with E-state index in [2.05, 4.69) is 24.4 Å². The van der Waals surface area contributed by atoms with Gasteiger partial charge in [-0.25, -0.2) is 0 Å². The molecular weight excluding hydrogens is 566 g/mol. The Kier molecular flexibility index (Phi) is 37.4. The minimum absolute atomic E-state index is 0.109. The molecule has 0 radical (unpaired) electrons. The maximum absolute atomic E-state index is 11.8. The molecule has 4 heteroatoms. The molecule has 0 saturated carbocycles. The van der Waals surface area contributed by atoms with Crippen LogP contribution in [0, 0.1) is 0 Å². The molecule has 0 aliphatic rings. The molecule has 2 atom stereocenters. The molecule has 2 unspecified atom stereocenters. The van der Waals surface area contributed by atoms with Crippen molar-refractivity contribution in [3.63, 3.8) is 0 Å². The van der Waals surface area contributed by atoms with E-state index in [1.165, 1.54) is 167 Å². The van der Waals surface area contributed by atoms with Crippen molar-refractivity contribution in [2.75, 3.05) is 6.61 Å². The van der Waals surface area contributed by atoms with Gasteiger partial charge in [-0.3, -0.25) is 4.79 Å². The smallest absolute Gasteiger partial charge is 0.220 e. The van der Waals surface area contributed by atoms with Crippen LogP contribution in [0.15, 0.2) is 24.3 Å². The van der Waals surface area contributed by atoms with Gasteiger partial charge in [-0.2, -0.15) is 0 Å². The van der Waals surface area contributed by atoms with E-state index in [0.717, 1.165) is 32.1 Å². The Morgan fingerprint density at radius 3 is 1.24 bits per heavy atom. The topological polar surface area (TPSA) is 69.6 Å². The highest BCUT2D eigenvalue weighted by Gasteiger charge is 2.17. The number of nitrogens with one attached hydrogen (secondary N) is 1. The highest BCUT2D eigenvalue weighted by molar-refractivity contribution is 5.76. The molecule has 46 heavy (non-hydrogen) atoms. The van der Waals surface area contributed by atoms with Gasteiger partial charge in [-0.05, 0) is 32.1 Å². The van der Waals surface area contributed by atoms with Crippen LogP contribution in [0.4, 0.5) is 0 Å². The Hall–Kier alpha value is -1.13. The summed E-state index contributed by atoms with van der Waals surface area (Å²) in [5.74, 6) is -0.109. The van der Waals surface area contributed by atoms with Gasteiger partial charge in [0.15, 0.2) is 0 Å². The second kappa shape index (κ2) is 38.3. The second-order valence-electron chi connectivity index (χ2n) is 14.1. The van der Waals surface area contributed by atoms with Gasteiger partial charge in [-0.1, -0.05) is 205 Å². The molecule has 3 N–H and O–H groups in total. The number of unbranched alkanes of at least 4 members (excludes halogenated alkanes) is 28. The molecule has 1 amide bonds. The van der Waals surface area contributed by atoms with Gasteiger partial charge in [0.05, 0.1) is 18.8 Å². The van der Waals surface area contributed by atoms with Gasteiger partial charge in [-0.15, -0.1) is 0 Å². The molecule has 0 rings (SSSR count). The Bertz CT molecular complexity index is 661. The molecule has 0 aromatic rings. The minimum Gasteiger partial charge on any atom is -0.394 e. The summed E-state index contributed by atoms with van der Waals surface area (Å²) in [6.07, 6.45) is 49.8. The molecule has 0 aromatic heterocycles. The number of amides is 1. The lowest BCUT2D eigenvalue weighted by Gasteiger charge is -2.19. The van der Waals surface area contributed by atoms with Crippen molar-refractivity contribution in [3.8, 4) is 0 Å². The summed E-state index contributed by atoms with van der Waals surface area (Å²) in [7, 11) is 0. The van der Waals surface area contributed by atoms with Crippen molar-refractivity contribution < 1.29 is 15.0 Å². The van der Waals surface area contributed by atoms with E-state index < -0.39 is 12.1 Å². The van der Waals surface area contributed by atoms with Crippen molar-refractivity contribution >= 4 is 5.91 Å². The molecule has 0 saturated heterocycles. The zero-order chi connectivity index (χ0) is 33.6. The lowest BCUT2D eigenvalue weighted by Crippen LogP contribution is -2.45. The molecule has 0 aromatic carbocycles. The van der Waals surface area contributed by atoms with E-state index in [1.54, 1.807) is 6.08 Å². The number of aliphatic hydroxyl groups excluding tert-OH is 2. The maximum Gasteiger partial charge on any atom is 0.220 e. The summed E-state index contributed by atoms with van der Waals surface area (Å²) in [5.41, 5.74) is 0. The van der Waals surface area contributed by atoms with E-state index in [1.807, 2.05) is 13.0 Å². The lowest BCUT2D eigenvalue weighted by molar-refractivity contribution is -0.123. The Morgan fingerprint density at radius 1 is 0.500 bits per heavy atom. The normalized spacial score (nSPS) is 13.2. The van der Waals surface area contributed by atoms with Crippen molar-refractivity contribution in [1.82, 2.24) is 5.32 Å². The maximum atomic E-state index is 11.8. The van der Waals surface area contributed by atoms with Crippen LogP contribution in [0.25, 0.3) is 0 Å². The van der Waals surface area contributed by atoms with E-state index in [4.69, 9.17) is 0 Å². The minimum atomic E-state index is -0.854. The highest BCUT2D eigenvalue weighted by atomic mass is 16.3. The third kappa shape index (κ3) is 34.2. The van der Waals surface area contributed by atoms with Crippen LogP contribution in [0.2, 0.25) is 0 Å². The molecule has 0 aliphatic carbocycles. The third-order valence-electron chi connectivity index (χ3n) is 9.44.